The highest BCUT2D eigenvalue weighted by Gasteiger charge is 2.56. The molecule has 1 aromatic carbocycles. The molecule has 1 saturated carbocycles. The molecule has 3 N–H and O–H groups in total. The van der Waals surface area contributed by atoms with Gasteiger partial charge in [0.05, 0.1) is 6.26 Å². The monoisotopic (exact) mass is 394 g/mol. The Labute approximate surface area is 157 Å². The average Bonchev–Trinajstić information content (AvgIpc) is 3.38. The summed E-state index contributed by atoms with van der Waals surface area (Å²) in [5.41, 5.74) is 0.152. The number of hydrogen-bond donors (Lipinski definition) is 3. The average molecular weight is 394 g/mol. The summed E-state index contributed by atoms with van der Waals surface area (Å²) in [6.07, 6.45) is 2.83. The molecule has 3 rings (SSSR count). The Morgan fingerprint density at radius 1 is 1.33 bits per heavy atom. The van der Waals surface area contributed by atoms with E-state index in [9.17, 15) is 22.8 Å². The van der Waals surface area contributed by atoms with Crippen LogP contribution in [-0.2, 0) is 26.2 Å². The Kier molecular flexibility index (Phi) is 4.85. The van der Waals surface area contributed by atoms with E-state index in [4.69, 9.17) is 0 Å². The Bertz CT molecular complexity index is 896. The second-order valence-electron chi connectivity index (χ2n) is 7.15. The molecule has 1 saturated heterocycles. The molecule has 1 aromatic rings. The summed E-state index contributed by atoms with van der Waals surface area (Å²) in [6, 6.07) is 6.03. The molecule has 0 radical (unpaired) electrons. The van der Waals surface area contributed by atoms with Gasteiger partial charge in [0.25, 0.3) is 5.91 Å². The summed E-state index contributed by atoms with van der Waals surface area (Å²) in [5, 5.41) is 5.33. The van der Waals surface area contributed by atoms with Crippen molar-refractivity contribution < 1.29 is 22.8 Å². The van der Waals surface area contributed by atoms with Gasteiger partial charge in [0, 0.05) is 12.2 Å². The van der Waals surface area contributed by atoms with Crippen LogP contribution in [0.3, 0.4) is 0 Å². The van der Waals surface area contributed by atoms with Gasteiger partial charge in [-0.1, -0.05) is 12.1 Å². The highest BCUT2D eigenvalue weighted by molar-refractivity contribution is 7.92. The minimum Gasteiger partial charge on any atom is -0.350 e. The highest BCUT2D eigenvalue weighted by Crippen LogP contribution is 2.42. The second-order valence-corrected chi connectivity index (χ2v) is 8.90. The fourth-order valence-corrected chi connectivity index (χ4v) is 3.71. The quantitative estimate of drug-likeness (QED) is 0.577. The molecule has 1 heterocycles. The second kappa shape index (κ2) is 6.84. The van der Waals surface area contributed by atoms with E-state index in [-0.39, 0.29) is 24.9 Å². The van der Waals surface area contributed by atoms with Crippen molar-refractivity contribution in [2.45, 2.75) is 31.8 Å². The first-order chi connectivity index (χ1) is 12.6. The summed E-state index contributed by atoms with van der Waals surface area (Å²) in [6.45, 7) is 1.49. The van der Waals surface area contributed by atoms with Crippen LogP contribution in [0.25, 0.3) is 0 Å². The lowest BCUT2D eigenvalue weighted by Crippen LogP contribution is -2.46. The van der Waals surface area contributed by atoms with Crippen molar-refractivity contribution >= 4 is 33.6 Å². The molecule has 2 fully saturated rings. The molecule has 27 heavy (non-hydrogen) atoms. The van der Waals surface area contributed by atoms with E-state index < -0.39 is 27.5 Å². The molecule has 2 aliphatic rings. The molecule has 1 atom stereocenters. The molecule has 0 bridgehead atoms. The van der Waals surface area contributed by atoms with Crippen molar-refractivity contribution in [3.63, 3.8) is 0 Å². The fraction of sp³-hybridized carbons (Fsp3) is 0.471. The first kappa shape index (κ1) is 19.2. The zero-order valence-corrected chi connectivity index (χ0v) is 15.9. The minimum absolute atomic E-state index is 0.132. The van der Waals surface area contributed by atoms with Gasteiger partial charge < -0.3 is 10.6 Å². The standard InChI is InChI=1S/C17H22N4O5S/c1-17(12-6-7-12)15(23)21(16(24)19-17)10-14(22)18-9-11-4-3-5-13(8-11)20-27(2,25)26/h3-5,8,12,20H,6-7,9-10H2,1-2H3,(H,18,22)(H,19,24)/t17-/m0/s1. The highest BCUT2D eigenvalue weighted by atomic mass is 32.2. The maximum Gasteiger partial charge on any atom is 0.325 e. The number of anilines is 1. The number of rotatable bonds is 7. The summed E-state index contributed by atoms with van der Waals surface area (Å²) >= 11 is 0. The van der Waals surface area contributed by atoms with Crippen molar-refractivity contribution in [1.82, 2.24) is 15.5 Å². The molecular weight excluding hydrogens is 372 g/mol. The molecule has 1 aliphatic carbocycles. The summed E-state index contributed by atoms with van der Waals surface area (Å²) in [5.74, 6) is -0.711. The molecule has 0 unspecified atom stereocenters. The van der Waals surface area contributed by atoms with E-state index in [1.165, 1.54) is 0 Å². The van der Waals surface area contributed by atoms with E-state index in [0.717, 1.165) is 24.0 Å². The third kappa shape index (κ3) is 4.38. The van der Waals surface area contributed by atoms with Gasteiger partial charge in [-0.15, -0.1) is 0 Å². The smallest absolute Gasteiger partial charge is 0.325 e. The summed E-state index contributed by atoms with van der Waals surface area (Å²) in [7, 11) is -3.39. The maximum absolute atomic E-state index is 12.5. The molecule has 0 aromatic heterocycles. The Morgan fingerprint density at radius 2 is 2.04 bits per heavy atom. The van der Waals surface area contributed by atoms with Gasteiger partial charge in [-0.05, 0) is 43.4 Å². The number of sulfonamides is 1. The van der Waals surface area contributed by atoms with E-state index >= 15 is 0 Å². The largest absolute Gasteiger partial charge is 0.350 e. The van der Waals surface area contributed by atoms with Crippen LogP contribution in [0.15, 0.2) is 24.3 Å². The Balaban J connectivity index is 1.56. The number of benzene rings is 1. The maximum atomic E-state index is 12.5. The molecule has 0 spiro atoms. The predicted molar refractivity (Wildman–Crippen MR) is 98.1 cm³/mol. The lowest BCUT2D eigenvalue weighted by molar-refractivity contribution is -0.135. The van der Waals surface area contributed by atoms with E-state index in [1.54, 1.807) is 31.2 Å². The van der Waals surface area contributed by atoms with Crippen LogP contribution >= 0.6 is 0 Å². The van der Waals surface area contributed by atoms with Crippen LogP contribution < -0.4 is 15.4 Å². The molecule has 146 valence electrons. The SMILES string of the molecule is C[C@@]1(C2CC2)NC(=O)N(CC(=O)NCc2cccc(NS(C)(=O)=O)c2)C1=O. The number of imide groups is 1. The fourth-order valence-electron chi connectivity index (χ4n) is 3.16. The van der Waals surface area contributed by atoms with Crippen LogP contribution in [0.5, 0.6) is 0 Å². The van der Waals surface area contributed by atoms with Crippen molar-refractivity contribution in [3.8, 4) is 0 Å². The van der Waals surface area contributed by atoms with Gasteiger partial charge in [0.15, 0.2) is 0 Å². The van der Waals surface area contributed by atoms with Crippen molar-refractivity contribution in [1.29, 1.82) is 0 Å². The van der Waals surface area contributed by atoms with Crippen LogP contribution in [0.4, 0.5) is 10.5 Å². The van der Waals surface area contributed by atoms with Crippen molar-refractivity contribution in [2.75, 3.05) is 17.5 Å². The summed E-state index contributed by atoms with van der Waals surface area (Å²) < 4.78 is 24.9. The van der Waals surface area contributed by atoms with Crippen molar-refractivity contribution in [2.24, 2.45) is 5.92 Å². The zero-order chi connectivity index (χ0) is 19.8. The number of amides is 4. The number of urea groups is 1. The number of nitrogens with one attached hydrogen (secondary N) is 3. The first-order valence-corrected chi connectivity index (χ1v) is 10.5. The molecular formula is C17H22N4O5S. The summed E-state index contributed by atoms with van der Waals surface area (Å²) in [4.78, 5) is 37.7. The van der Waals surface area contributed by atoms with Gasteiger partial charge in [0.2, 0.25) is 15.9 Å². The topological polar surface area (TPSA) is 125 Å². The third-order valence-corrected chi connectivity index (χ3v) is 5.32. The third-order valence-electron chi connectivity index (χ3n) is 4.72. The molecule has 4 amide bonds. The van der Waals surface area contributed by atoms with Crippen LogP contribution in [0.1, 0.15) is 25.3 Å². The number of carbonyl (C=O) groups is 3. The lowest BCUT2D eigenvalue weighted by Gasteiger charge is -2.20. The Morgan fingerprint density at radius 3 is 2.67 bits per heavy atom. The van der Waals surface area contributed by atoms with Gasteiger partial charge in [-0.25, -0.2) is 13.2 Å². The van der Waals surface area contributed by atoms with E-state index in [1.807, 2.05) is 0 Å². The zero-order valence-electron chi connectivity index (χ0n) is 15.1. The minimum atomic E-state index is -3.39. The number of nitrogens with zero attached hydrogens (tertiary/aromatic N) is 1. The van der Waals surface area contributed by atoms with Crippen LogP contribution in [-0.4, -0.2) is 49.5 Å². The van der Waals surface area contributed by atoms with Gasteiger partial charge in [-0.3, -0.25) is 19.2 Å². The predicted octanol–water partition coefficient (Wildman–Crippen LogP) is 0.395. The lowest BCUT2D eigenvalue weighted by atomic mass is 9.96. The normalized spacial score (nSPS) is 22.5. The molecule has 10 heteroatoms. The Hall–Kier alpha value is -2.62. The number of carbonyl (C=O) groups excluding carboxylic acids is 3. The number of hydrogen-bond acceptors (Lipinski definition) is 5. The molecule has 1 aliphatic heterocycles. The van der Waals surface area contributed by atoms with Crippen molar-refractivity contribution in [3.05, 3.63) is 29.8 Å². The molecule has 9 nitrogen and oxygen atoms in total. The van der Waals surface area contributed by atoms with E-state index in [0.29, 0.717) is 11.3 Å². The van der Waals surface area contributed by atoms with Gasteiger partial charge in [0.1, 0.15) is 12.1 Å². The van der Waals surface area contributed by atoms with Crippen LogP contribution in [0.2, 0.25) is 0 Å². The van der Waals surface area contributed by atoms with E-state index in [2.05, 4.69) is 15.4 Å². The van der Waals surface area contributed by atoms with Gasteiger partial charge in [-0.2, -0.15) is 0 Å². The van der Waals surface area contributed by atoms with Crippen LogP contribution in [0, 0.1) is 5.92 Å². The first-order valence-electron chi connectivity index (χ1n) is 8.56. The van der Waals surface area contributed by atoms with Gasteiger partial charge >= 0.3 is 6.03 Å².